The molecule has 0 aliphatic carbocycles. The summed E-state index contributed by atoms with van der Waals surface area (Å²) < 4.78 is 29.6. The number of carbonyl (C=O) groups is 1. The van der Waals surface area contributed by atoms with Gasteiger partial charge in [-0.1, -0.05) is 48.0 Å². The third-order valence-electron chi connectivity index (χ3n) is 5.22. The molecule has 0 aromatic heterocycles. The van der Waals surface area contributed by atoms with E-state index in [0.29, 0.717) is 0 Å². The summed E-state index contributed by atoms with van der Waals surface area (Å²) in [5.74, 6) is 0. The molecule has 8 heteroatoms. The van der Waals surface area contributed by atoms with Crippen LogP contribution in [0.25, 0.3) is 0 Å². The molecule has 0 radical (unpaired) electrons. The lowest BCUT2D eigenvalue weighted by atomic mass is 9.80. The fraction of sp³-hybridized carbons (Fsp3) is 0.381. The molecular weight excluding hydrogens is 390 g/mol. The van der Waals surface area contributed by atoms with Gasteiger partial charge in [-0.05, 0) is 50.6 Å². The van der Waals surface area contributed by atoms with Crippen LogP contribution in [0, 0.1) is 6.92 Å². The molecule has 1 aliphatic heterocycles. The summed E-state index contributed by atoms with van der Waals surface area (Å²) in [4.78, 5) is 13.8. The molecule has 0 spiro atoms. The van der Waals surface area contributed by atoms with Crippen molar-refractivity contribution >= 4 is 16.1 Å². The number of nitrogens with zero attached hydrogens (tertiary/aromatic N) is 1. The van der Waals surface area contributed by atoms with Crippen molar-refractivity contribution in [3.63, 3.8) is 0 Å². The van der Waals surface area contributed by atoms with Gasteiger partial charge in [-0.15, -0.1) is 0 Å². The Kier molecular flexibility index (Phi) is 7.78. The Bertz CT molecular complexity index is 893. The largest absolute Gasteiger partial charge is 0.341 e. The Balaban J connectivity index is 0.000000234. The molecule has 0 atom stereocenters. The monoisotopic (exact) mass is 419 g/mol. The highest BCUT2D eigenvalue weighted by molar-refractivity contribution is 7.85. The van der Waals surface area contributed by atoms with Gasteiger partial charge in [0.05, 0.1) is 10.4 Å². The fourth-order valence-corrected chi connectivity index (χ4v) is 3.96. The maximum Gasteiger partial charge on any atom is 0.317 e. The van der Waals surface area contributed by atoms with E-state index in [1.807, 2.05) is 37.1 Å². The minimum absolute atomic E-state index is 0.0271. The Morgan fingerprint density at radius 2 is 1.62 bits per heavy atom. The van der Waals surface area contributed by atoms with Crippen molar-refractivity contribution in [1.29, 1.82) is 0 Å². The second-order valence-corrected chi connectivity index (χ2v) is 8.47. The maximum absolute atomic E-state index is 12.0. The molecule has 1 heterocycles. The Labute approximate surface area is 172 Å². The molecule has 1 saturated heterocycles. The number of piperidine rings is 1. The van der Waals surface area contributed by atoms with Gasteiger partial charge in [0.1, 0.15) is 0 Å². The molecule has 0 bridgehead atoms. The van der Waals surface area contributed by atoms with E-state index in [1.165, 1.54) is 17.7 Å². The van der Waals surface area contributed by atoms with Crippen LogP contribution in [0.4, 0.5) is 4.79 Å². The standard InChI is InChI=1S/C14H21N3O.C7H8O3S/c1-15-13(18)17(2)14(8-10-16-11-9-14)12-6-4-3-5-7-12;1-6-2-4-7(5-3-6)11(8,9)10/h3-7,16H,8-11H2,1-2H3,(H,15,18);2-5H,1H3,(H,8,9,10). The van der Waals surface area contributed by atoms with Gasteiger partial charge in [0, 0.05) is 14.1 Å². The molecule has 0 unspecified atom stereocenters. The van der Waals surface area contributed by atoms with Crippen molar-refractivity contribution in [2.24, 2.45) is 0 Å². The van der Waals surface area contributed by atoms with E-state index in [1.54, 1.807) is 19.2 Å². The Hall–Kier alpha value is -2.42. The van der Waals surface area contributed by atoms with Gasteiger partial charge in [-0.2, -0.15) is 8.42 Å². The lowest BCUT2D eigenvalue weighted by molar-refractivity contribution is 0.103. The average Bonchev–Trinajstić information content (AvgIpc) is 2.74. The minimum atomic E-state index is -4.02. The second kappa shape index (κ2) is 9.87. The lowest BCUT2D eigenvalue weighted by Gasteiger charge is -2.45. The van der Waals surface area contributed by atoms with Crippen LogP contribution in [0.15, 0.2) is 59.5 Å². The Morgan fingerprint density at radius 3 is 2.10 bits per heavy atom. The Morgan fingerprint density at radius 1 is 1.07 bits per heavy atom. The van der Waals surface area contributed by atoms with E-state index in [-0.39, 0.29) is 16.5 Å². The minimum Gasteiger partial charge on any atom is -0.341 e. The first kappa shape index (κ1) is 22.9. The zero-order chi connectivity index (χ0) is 21.5. The maximum atomic E-state index is 12.0. The summed E-state index contributed by atoms with van der Waals surface area (Å²) in [6.45, 7) is 3.72. The van der Waals surface area contributed by atoms with Crippen LogP contribution in [0.3, 0.4) is 0 Å². The number of amides is 2. The second-order valence-electron chi connectivity index (χ2n) is 7.05. The molecule has 2 amide bonds. The van der Waals surface area contributed by atoms with Crippen molar-refractivity contribution < 1.29 is 17.8 Å². The SMILES string of the molecule is CNC(=O)N(C)C1(c2ccccc2)CCNCC1.Cc1ccc(S(=O)(=O)O)cc1. The van der Waals surface area contributed by atoms with E-state index in [2.05, 4.69) is 22.8 Å². The van der Waals surface area contributed by atoms with E-state index >= 15 is 0 Å². The van der Waals surface area contributed by atoms with E-state index in [4.69, 9.17) is 4.55 Å². The van der Waals surface area contributed by atoms with Crippen LogP contribution in [0.2, 0.25) is 0 Å². The predicted molar refractivity (Wildman–Crippen MR) is 113 cm³/mol. The summed E-state index contributed by atoms with van der Waals surface area (Å²) in [7, 11) is -0.454. The summed E-state index contributed by atoms with van der Waals surface area (Å²) in [5.41, 5.74) is 1.99. The summed E-state index contributed by atoms with van der Waals surface area (Å²) in [6.07, 6.45) is 1.89. The van der Waals surface area contributed by atoms with E-state index in [0.717, 1.165) is 31.5 Å². The topological polar surface area (TPSA) is 98.7 Å². The van der Waals surface area contributed by atoms with Crippen molar-refractivity contribution in [3.05, 3.63) is 65.7 Å². The molecule has 2 aromatic carbocycles. The molecule has 158 valence electrons. The van der Waals surface area contributed by atoms with Crippen molar-refractivity contribution in [1.82, 2.24) is 15.5 Å². The van der Waals surface area contributed by atoms with Crippen LogP contribution in [-0.4, -0.2) is 51.1 Å². The first-order valence-corrected chi connectivity index (χ1v) is 10.9. The lowest BCUT2D eigenvalue weighted by Crippen LogP contribution is -2.54. The number of hydrogen-bond acceptors (Lipinski definition) is 4. The van der Waals surface area contributed by atoms with Crippen molar-refractivity contribution in [3.8, 4) is 0 Å². The molecule has 3 N–H and O–H groups in total. The van der Waals surface area contributed by atoms with Gasteiger partial charge in [-0.3, -0.25) is 4.55 Å². The first-order chi connectivity index (χ1) is 13.7. The number of benzene rings is 2. The normalized spacial score (nSPS) is 15.6. The highest BCUT2D eigenvalue weighted by Crippen LogP contribution is 2.36. The molecule has 1 aliphatic rings. The van der Waals surface area contributed by atoms with Gasteiger partial charge < -0.3 is 15.5 Å². The van der Waals surface area contributed by atoms with Crippen LogP contribution in [0.1, 0.15) is 24.0 Å². The molecule has 1 fully saturated rings. The van der Waals surface area contributed by atoms with Crippen LogP contribution >= 0.6 is 0 Å². The summed E-state index contributed by atoms with van der Waals surface area (Å²) in [5, 5.41) is 6.09. The van der Waals surface area contributed by atoms with Crippen LogP contribution in [-0.2, 0) is 15.7 Å². The molecule has 3 rings (SSSR count). The molecular formula is C21H29N3O4S. The number of nitrogens with one attached hydrogen (secondary N) is 2. The van der Waals surface area contributed by atoms with Gasteiger partial charge >= 0.3 is 6.03 Å². The van der Waals surface area contributed by atoms with E-state index < -0.39 is 10.1 Å². The van der Waals surface area contributed by atoms with Crippen LogP contribution in [0.5, 0.6) is 0 Å². The van der Waals surface area contributed by atoms with Gasteiger partial charge in [0.2, 0.25) is 0 Å². The summed E-state index contributed by atoms with van der Waals surface area (Å²) >= 11 is 0. The molecule has 0 saturated carbocycles. The number of urea groups is 1. The van der Waals surface area contributed by atoms with Crippen molar-refractivity contribution in [2.45, 2.75) is 30.2 Å². The summed E-state index contributed by atoms with van der Waals surface area (Å²) in [6, 6.07) is 16.3. The molecule has 2 aromatic rings. The van der Waals surface area contributed by atoms with E-state index in [9.17, 15) is 13.2 Å². The first-order valence-electron chi connectivity index (χ1n) is 9.46. The number of aryl methyl sites for hydroxylation is 1. The number of rotatable bonds is 3. The highest BCUT2D eigenvalue weighted by atomic mass is 32.2. The smallest absolute Gasteiger partial charge is 0.317 e. The molecule has 29 heavy (non-hydrogen) atoms. The zero-order valence-electron chi connectivity index (χ0n) is 17.1. The average molecular weight is 420 g/mol. The van der Waals surface area contributed by atoms with Crippen LogP contribution < -0.4 is 10.6 Å². The third kappa shape index (κ3) is 5.79. The van der Waals surface area contributed by atoms with Gasteiger partial charge in [0.25, 0.3) is 10.1 Å². The highest BCUT2D eigenvalue weighted by Gasteiger charge is 2.39. The number of hydrogen-bond donors (Lipinski definition) is 3. The van der Waals surface area contributed by atoms with Gasteiger partial charge in [-0.25, -0.2) is 4.79 Å². The third-order valence-corrected chi connectivity index (χ3v) is 6.09. The predicted octanol–water partition coefficient (Wildman–Crippen LogP) is 2.78. The zero-order valence-corrected chi connectivity index (χ0v) is 17.9. The number of carbonyl (C=O) groups excluding carboxylic acids is 1. The van der Waals surface area contributed by atoms with Gasteiger partial charge in [0.15, 0.2) is 0 Å². The quantitative estimate of drug-likeness (QED) is 0.665. The fourth-order valence-electron chi connectivity index (χ4n) is 3.48. The van der Waals surface area contributed by atoms with Crippen molar-refractivity contribution in [2.75, 3.05) is 27.2 Å². The molecule has 7 nitrogen and oxygen atoms in total.